The van der Waals surface area contributed by atoms with Crippen LogP contribution >= 0.6 is 0 Å². The number of sulfonamides is 1. The molecule has 0 aliphatic carbocycles. The Morgan fingerprint density at radius 2 is 1.66 bits per heavy atom. The number of nitrogens with one attached hydrogen (secondary N) is 1. The van der Waals surface area contributed by atoms with Gasteiger partial charge >= 0.3 is 0 Å². The summed E-state index contributed by atoms with van der Waals surface area (Å²) in [5, 5.41) is 3.12. The lowest BCUT2D eigenvalue weighted by Gasteiger charge is -2.21. The molecular formula is C27H24FN3O6S. The first-order valence-electron chi connectivity index (χ1n) is 11.6. The molecule has 0 spiro atoms. The molecule has 0 radical (unpaired) electrons. The smallest absolute Gasteiger partial charge is 0.255 e. The molecule has 2 heterocycles. The normalized spacial score (nSPS) is 13.8. The molecule has 11 heteroatoms. The molecule has 0 atom stereocenters. The van der Waals surface area contributed by atoms with Crippen molar-refractivity contribution in [2.24, 2.45) is 0 Å². The number of fused-ring (bicyclic) bond motifs is 2. The molecule has 0 bridgehead atoms. The molecule has 5 rings (SSSR count). The van der Waals surface area contributed by atoms with Crippen LogP contribution in [0.1, 0.15) is 15.9 Å². The fourth-order valence-corrected chi connectivity index (χ4v) is 5.24. The van der Waals surface area contributed by atoms with Crippen molar-refractivity contribution in [3.8, 4) is 22.8 Å². The van der Waals surface area contributed by atoms with E-state index in [1.807, 2.05) is 0 Å². The van der Waals surface area contributed by atoms with Gasteiger partial charge in [-0.25, -0.2) is 12.8 Å². The number of ether oxygens (including phenoxy) is 1. The first kappa shape index (κ1) is 25.3. The van der Waals surface area contributed by atoms with Crippen LogP contribution in [0.3, 0.4) is 0 Å². The standard InChI is InChI=1S/C27H24FN3O6S/c1-29-27(33)25-21-12-17-14-30(2)24(32)15-31(38(3,34)35)22(17)13-23(21)37-26(25)16-4-8-19(9-5-16)36-20-10-6-18(28)7-11-20/h4-13H,14-15H2,1-3H3,(H,29,33). The number of carbonyl (C=O) groups is 2. The van der Waals surface area contributed by atoms with Gasteiger partial charge < -0.3 is 19.4 Å². The van der Waals surface area contributed by atoms with E-state index < -0.39 is 10.0 Å². The van der Waals surface area contributed by atoms with Crippen molar-refractivity contribution in [3.05, 3.63) is 77.6 Å². The summed E-state index contributed by atoms with van der Waals surface area (Å²) in [6.45, 7) is -0.168. The van der Waals surface area contributed by atoms with Gasteiger partial charge in [-0.3, -0.25) is 13.9 Å². The molecule has 38 heavy (non-hydrogen) atoms. The Morgan fingerprint density at radius 1 is 1.03 bits per heavy atom. The van der Waals surface area contributed by atoms with E-state index in [0.29, 0.717) is 45.0 Å². The van der Waals surface area contributed by atoms with Crippen LogP contribution < -0.4 is 14.4 Å². The molecule has 4 aromatic rings. The largest absolute Gasteiger partial charge is 0.457 e. The van der Waals surface area contributed by atoms with Crippen LogP contribution in [0.25, 0.3) is 22.3 Å². The SMILES string of the molecule is CNC(=O)c1c(-c2ccc(Oc3ccc(F)cc3)cc2)oc2cc3c(cc12)CN(C)C(=O)CN3S(C)(=O)=O. The minimum absolute atomic E-state index is 0.166. The topological polar surface area (TPSA) is 109 Å². The number of rotatable bonds is 5. The molecule has 0 unspecified atom stereocenters. The number of hydrogen-bond donors (Lipinski definition) is 1. The highest BCUT2D eigenvalue weighted by molar-refractivity contribution is 7.92. The Balaban J connectivity index is 1.61. The number of hydrogen-bond acceptors (Lipinski definition) is 6. The minimum Gasteiger partial charge on any atom is -0.457 e. The fraction of sp³-hybridized carbons (Fsp3) is 0.185. The molecule has 2 amide bonds. The molecule has 1 aliphatic heterocycles. The third kappa shape index (κ3) is 4.68. The summed E-state index contributed by atoms with van der Waals surface area (Å²) >= 11 is 0. The van der Waals surface area contributed by atoms with E-state index in [1.54, 1.807) is 43.4 Å². The summed E-state index contributed by atoms with van der Waals surface area (Å²) in [6, 6.07) is 15.7. The Kier molecular flexibility index (Phi) is 6.31. The highest BCUT2D eigenvalue weighted by atomic mass is 32.2. The third-order valence-electron chi connectivity index (χ3n) is 6.29. The zero-order chi connectivity index (χ0) is 27.2. The predicted molar refractivity (Wildman–Crippen MR) is 140 cm³/mol. The zero-order valence-corrected chi connectivity index (χ0v) is 21.6. The molecule has 1 aliphatic rings. The lowest BCUT2D eigenvalue weighted by molar-refractivity contribution is -0.128. The molecule has 0 fully saturated rings. The summed E-state index contributed by atoms with van der Waals surface area (Å²) in [5.74, 6) is 0.162. The van der Waals surface area contributed by atoms with Gasteiger partial charge in [0.15, 0.2) is 0 Å². The van der Waals surface area contributed by atoms with E-state index >= 15 is 0 Å². The van der Waals surface area contributed by atoms with Gasteiger partial charge in [-0.05, 0) is 60.2 Å². The van der Waals surface area contributed by atoms with E-state index in [2.05, 4.69) is 5.32 Å². The van der Waals surface area contributed by atoms with E-state index in [9.17, 15) is 22.4 Å². The summed E-state index contributed by atoms with van der Waals surface area (Å²) < 4.78 is 51.2. The van der Waals surface area contributed by atoms with Gasteiger partial charge in [-0.1, -0.05) is 0 Å². The van der Waals surface area contributed by atoms with Gasteiger partial charge in [0.05, 0.1) is 17.5 Å². The zero-order valence-electron chi connectivity index (χ0n) is 20.8. The van der Waals surface area contributed by atoms with E-state index in [1.165, 1.54) is 36.2 Å². The molecular weight excluding hydrogens is 513 g/mol. The Morgan fingerprint density at radius 3 is 2.26 bits per heavy atom. The Bertz CT molecular complexity index is 1660. The molecule has 9 nitrogen and oxygen atoms in total. The second-order valence-electron chi connectivity index (χ2n) is 8.96. The Hall–Kier alpha value is -4.38. The van der Waals surface area contributed by atoms with Crippen molar-refractivity contribution < 1.29 is 31.6 Å². The average molecular weight is 538 g/mol. The maximum absolute atomic E-state index is 13.2. The lowest BCUT2D eigenvalue weighted by atomic mass is 10.0. The van der Waals surface area contributed by atoms with Crippen LogP contribution in [0, 0.1) is 5.82 Å². The first-order valence-corrected chi connectivity index (χ1v) is 13.5. The van der Waals surface area contributed by atoms with Crippen LogP contribution in [0.15, 0.2) is 65.1 Å². The van der Waals surface area contributed by atoms with E-state index in [0.717, 1.165) is 10.6 Å². The highest BCUT2D eigenvalue weighted by Crippen LogP contribution is 2.39. The molecule has 0 saturated heterocycles. The molecule has 0 saturated carbocycles. The molecule has 196 valence electrons. The average Bonchev–Trinajstić information content (AvgIpc) is 3.19. The molecule has 1 aromatic heterocycles. The minimum atomic E-state index is -3.77. The summed E-state index contributed by atoms with van der Waals surface area (Å²) in [5.41, 5.74) is 2.06. The van der Waals surface area contributed by atoms with Gasteiger partial charge in [-0.15, -0.1) is 0 Å². The fourth-order valence-electron chi connectivity index (χ4n) is 4.37. The molecule has 1 N–H and O–H groups in total. The van der Waals surface area contributed by atoms with Crippen molar-refractivity contribution >= 4 is 38.5 Å². The van der Waals surface area contributed by atoms with Crippen LogP contribution in [-0.2, 0) is 21.4 Å². The van der Waals surface area contributed by atoms with Crippen molar-refractivity contribution in [1.29, 1.82) is 0 Å². The summed E-state index contributed by atoms with van der Waals surface area (Å²) in [7, 11) is -0.666. The lowest BCUT2D eigenvalue weighted by Crippen LogP contribution is -2.38. The number of likely N-dealkylation sites (N-methyl/N-ethyl adjacent to an activating group) is 1. The number of benzene rings is 3. The van der Waals surface area contributed by atoms with Crippen LogP contribution in [0.4, 0.5) is 10.1 Å². The van der Waals surface area contributed by atoms with Gasteiger partial charge in [0.1, 0.15) is 35.2 Å². The number of nitrogens with zero attached hydrogens (tertiary/aromatic N) is 2. The van der Waals surface area contributed by atoms with Gasteiger partial charge in [0.25, 0.3) is 5.91 Å². The highest BCUT2D eigenvalue weighted by Gasteiger charge is 2.31. The van der Waals surface area contributed by atoms with Gasteiger partial charge in [-0.2, -0.15) is 0 Å². The Labute approximate surface area is 218 Å². The number of halogens is 1. The maximum atomic E-state index is 13.2. The van der Waals surface area contributed by atoms with E-state index in [-0.39, 0.29) is 36.3 Å². The van der Waals surface area contributed by atoms with Crippen LogP contribution in [0.5, 0.6) is 11.5 Å². The summed E-state index contributed by atoms with van der Waals surface area (Å²) in [4.78, 5) is 26.9. The van der Waals surface area contributed by atoms with Crippen molar-refractivity contribution in [2.45, 2.75) is 6.54 Å². The number of anilines is 1. The third-order valence-corrected chi connectivity index (χ3v) is 7.42. The maximum Gasteiger partial charge on any atom is 0.255 e. The monoisotopic (exact) mass is 537 g/mol. The van der Waals surface area contributed by atoms with E-state index in [4.69, 9.17) is 9.15 Å². The first-order chi connectivity index (χ1) is 18.0. The van der Waals surface area contributed by atoms with Crippen molar-refractivity contribution in [3.63, 3.8) is 0 Å². The van der Waals surface area contributed by atoms with Gasteiger partial charge in [0.2, 0.25) is 15.9 Å². The van der Waals surface area contributed by atoms with Crippen LogP contribution in [-0.4, -0.2) is 52.0 Å². The quantitative estimate of drug-likeness (QED) is 0.410. The number of carbonyl (C=O) groups excluding carboxylic acids is 2. The second-order valence-corrected chi connectivity index (χ2v) is 10.9. The number of furan rings is 1. The molecule has 3 aromatic carbocycles. The van der Waals surface area contributed by atoms with Gasteiger partial charge in [0, 0.05) is 37.7 Å². The predicted octanol–water partition coefficient (Wildman–Crippen LogP) is 4.13. The van der Waals surface area contributed by atoms with Crippen molar-refractivity contribution in [2.75, 3.05) is 31.2 Å². The number of amides is 2. The second kappa shape index (κ2) is 9.49. The van der Waals surface area contributed by atoms with Crippen LogP contribution in [0.2, 0.25) is 0 Å². The van der Waals surface area contributed by atoms with Crippen molar-refractivity contribution in [1.82, 2.24) is 10.2 Å². The summed E-state index contributed by atoms with van der Waals surface area (Å²) in [6.07, 6.45) is 1.04.